The lowest BCUT2D eigenvalue weighted by molar-refractivity contribution is 0.306. The van der Waals surface area contributed by atoms with Gasteiger partial charge in [0.1, 0.15) is 5.75 Å². The lowest BCUT2D eigenvalue weighted by Gasteiger charge is -2.07. The zero-order valence-corrected chi connectivity index (χ0v) is 11.6. The monoisotopic (exact) mass is 271 g/mol. The number of hydrogen-bond acceptors (Lipinski definition) is 3. The molecule has 0 aromatic heterocycles. The van der Waals surface area contributed by atoms with Gasteiger partial charge in [0.2, 0.25) is 10.0 Å². The summed E-state index contributed by atoms with van der Waals surface area (Å²) in [6, 6.07) is 8.02. The molecule has 18 heavy (non-hydrogen) atoms. The fourth-order valence-electron chi connectivity index (χ4n) is 1.63. The van der Waals surface area contributed by atoms with Crippen LogP contribution in [0.1, 0.15) is 31.7 Å². The average Bonchev–Trinajstić information content (AvgIpc) is 2.32. The highest BCUT2D eigenvalue weighted by Gasteiger charge is 2.01. The number of rotatable bonds is 8. The van der Waals surface area contributed by atoms with Gasteiger partial charge in [-0.05, 0) is 43.4 Å². The summed E-state index contributed by atoms with van der Waals surface area (Å²) in [6.45, 7) is 2.71. The van der Waals surface area contributed by atoms with Crippen molar-refractivity contribution in [3.8, 4) is 5.75 Å². The van der Waals surface area contributed by atoms with Crippen molar-refractivity contribution in [2.45, 2.75) is 32.6 Å². The normalized spacial score (nSPS) is 11.4. The van der Waals surface area contributed by atoms with Crippen LogP contribution in [0.3, 0.4) is 0 Å². The highest BCUT2D eigenvalue weighted by atomic mass is 32.2. The molecule has 0 saturated heterocycles. The third-order valence-corrected chi connectivity index (χ3v) is 3.51. The van der Waals surface area contributed by atoms with Gasteiger partial charge >= 0.3 is 0 Å². The summed E-state index contributed by atoms with van der Waals surface area (Å²) in [5, 5.41) is 4.91. The number of ether oxygens (including phenoxy) is 1. The Morgan fingerprint density at radius 1 is 1.22 bits per heavy atom. The predicted octanol–water partition coefficient (Wildman–Crippen LogP) is 2.09. The number of primary sulfonamides is 1. The molecule has 0 amide bonds. The summed E-state index contributed by atoms with van der Waals surface area (Å²) >= 11 is 0. The third-order valence-electron chi connectivity index (χ3n) is 2.65. The van der Waals surface area contributed by atoms with Crippen molar-refractivity contribution in [2.75, 3.05) is 12.4 Å². The zero-order chi connectivity index (χ0) is 13.4. The van der Waals surface area contributed by atoms with Crippen molar-refractivity contribution in [3.63, 3.8) is 0 Å². The van der Waals surface area contributed by atoms with E-state index in [0.717, 1.165) is 25.0 Å². The van der Waals surface area contributed by atoms with Gasteiger partial charge in [-0.2, -0.15) is 0 Å². The first-order valence-electron chi connectivity index (χ1n) is 6.23. The molecular formula is C13H21NO3S. The molecule has 0 unspecified atom stereocenters. The van der Waals surface area contributed by atoms with E-state index in [1.165, 1.54) is 5.56 Å². The van der Waals surface area contributed by atoms with Crippen LogP contribution in [-0.4, -0.2) is 20.8 Å². The van der Waals surface area contributed by atoms with Gasteiger partial charge in [0, 0.05) is 0 Å². The molecular weight excluding hydrogens is 250 g/mol. The van der Waals surface area contributed by atoms with Crippen LogP contribution in [0.5, 0.6) is 5.75 Å². The Morgan fingerprint density at radius 2 is 2.00 bits per heavy atom. The summed E-state index contributed by atoms with van der Waals surface area (Å²) in [4.78, 5) is 0. The van der Waals surface area contributed by atoms with Crippen molar-refractivity contribution in [1.82, 2.24) is 0 Å². The van der Waals surface area contributed by atoms with E-state index in [0.29, 0.717) is 13.0 Å². The molecule has 4 nitrogen and oxygen atoms in total. The maximum atomic E-state index is 10.7. The van der Waals surface area contributed by atoms with E-state index in [-0.39, 0.29) is 5.75 Å². The standard InChI is InChI=1S/C13H21NO3S/c1-2-12-7-6-8-13(11-12)17-9-4-3-5-10-18(14,15)16/h6-8,11H,2-5,9-10H2,1H3,(H2,14,15,16). The number of sulfonamides is 1. The van der Waals surface area contributed by atoms with E-state index >= 15 is 0 Å². The zero-order valence-electron chi connectivity index (χ0n) is 10.8. The summed E-state index contributed by atoms with van der Waals surface area (Å²) in [5.41, 5.74) is 1.25. The molecule has 0 aliphatic rings. The van der Waals surface area contributed by atoms with Crippen molar-refractivity contribution in [3.05, 3.63) is 29.8 Å². The highest BCUT2D eigenvalue weighted by molar-refractivity contribution is 7.89. The molecule has 0 spiro atoms. The second kappa shape index (κ2) is 7.38. The van der Waals surface area contributed by atoms with Gasteiger partial charge in [0.25, 0.3) is 0 Å². The molecule has 1 rings (SSSR count). The van der Waals surface area contributed by atoms with Crippen LogP contribution in [0.4, 0.5) is 0 Å². The summed E-state index contributed by atoms with van der Waals surface area (Å²) in [6.07, 6.45) is 3.23. The lowest BCUT2D eigenvalue weighted by Crippen LogP contribution is -2.16. The molecule has 102 valence electrons. The van der Waals surface area contributed by atoms with E-state index in [1.807, 2.05) is 18.2 Å². The molecule has 5 heteroatoms. The molecule has 0 radical (unpaired) electrons. The molecule has 0 fully saturated rings. The van der Waals surface area contributed by atoms with Crippen LogP contribution in [0, 0.1) is 0 Å². The van der Waals surface area contributed by atoms with Crippen molar-refractivity contribution in [1.29, 1.82) is 0 Å². The quantitative estimate of drug-likeness (QED) is 0.736. The fourth-order valence-corrected chi connectivity index (χ4v) is 2.23. The Balaban J connectivity index is 2.18. The van der Waals surface area contributed by atoms with Gasteiger partial charge in [-0.25, -0.2) is 13.6 Å². The van der Waals surface area contributed by atoms with Gasteiger partial charge in [-0.15, -0.1) is 0 Å². The van der Waals surface area contributed by atoms with E-state index in [1.54, 1.807) is 0 Å². The van der Waals surface area contributed by atoms with E-state index in [4.69, 9.17) is 9.88 Å². The largest absolute Gasteiger partial charge is 0.494 e. The minimum absolute atomic E-state index is 0.0539. The first-order chi connectivity index (χ1) is 8.51. The topological polar surface area (TPSA) is 69.4 Å². The third kappa shape index (κ3) is 6.61. The molecule has 0 heterocycles. The van der Waals surface area contributed by atoms with Crippen LogP contribution in [0.2, 0.25) is 0 Å². The molecule has 0 aliphatic heterocycles. The first kappa shape index (κ1) is 15.0. The van der Waals surface area contributed by atoms with E-state index in [9.17, 15) is 8.42 Å². The van der Waals surface area contributed by atoms with Crippen LogP contribution in [-0.2, 0) is 16.4 Å². The maximum absolute atomic E-state index is 10.7. The molecule has 0 bridgehead atoms. The Kier molecular flexibility index (Phi) is 6.15. The van der Waals surface area contributed by atoms with Gasteiger partial charge in [-0.3, -0.25) is 0 Å². The van der Waals surface area contributed by atoms with Crippen LogP contribution < -0.4 is 9.88 Å². The fraction of sp³-hybridized carbons (Fsp3) is 0.538. The summed E-state index contributed by atoms with van der Waals surface area (Å²) in [7, 11) is -3.31. The Labute approximate surface area is 109 Å². The second-order valence-corrected chi connectivity index (χ2v) is 6.01. The number of hydrogen-bond donors (Lipinski definition) is 1. The Hall–Kier alpha value is -1.07. The molecule has 1 aromatic rings. The van der Waals surface area contributed by atoms with Gasteiger partial charge in [-0.1, -0.05) is 19.1 Å². The van der Waals surface area contributed by atoms with Crippen molar-refractivity contribution >= 4 is 10.0 Å². The van der Waals surface area contributed by atoms with Crippen molar-refractivity contribution in [2.24, 2.45) is 5.14 Å². The molecule has 2 N–H and O–H groups in total. The van der Waals surface area contributed by atoms with E-state index < -0.39 is 10.0 Å². The SMILES string of the molecule is CCc1cccc(OCCCCCS(N)(=O)=O)c1. The van der Waals surface area contributed by atoms with Gasteiger partial charge in [0.15, 0.2) is 0 Å². The second-order valence-electron chi connectivity index (χ2n) is 4.28. The van der Waals surface area contributed by atoms with Crippen LogP contribution in [0.15, 0.2) is 24.3 Å². The van der Waals surface area contributed by atoms with Crippen molar-refractivity contribution < 1.29 is 13.2 Å². The minimum atomic E-state index is -3.31. The lowest BCUT2D eigenvalue weighted by atomic mass is 10.2. The number of benzene rings is 1. The molecule has 0 atom stereocenters. The predicted molar refractivity (Wildman–Crippen MR) is 73.1 cm³/mol. The van der Waals surface area contributed by atoms with Gasteiger partial charge < -0.3 is 4.74 Å². The maximum Gasteiger partial charge on any atom is 0.209 e. The van der Waals surface area contributed by atoms with Crippen LogP contribution >= 0.6 is 0 Å². The number of aryl methyl sites for hydroxylation is 1. The van der Waals surface area contributed by atoms with E-state index in [2.05, 4.69) is 13.0 Å². The molecule has 0 aliphatic carbocycles. The average molecular weight is 271 g/mol. The smallest absolute Gasteiger partial charge is 0.209 e. The highest BCUT2D eigenvalue weighted by Crippen LogP contribution is 2.14. The van der Waals surface area contributed by atoms with Crippen LogP contribution in [0.25, 0.3) is 0 Å². The number of unbranched alkanes of at least 4 members (excludes halogenated alkanes) is 2. The molecule has 1 aromatic carbocycles. The first-order valence-corrected chi connectivity index (χ1v) is 7.95. The summed E-state index contributed by atoms with van der Waals surface area (Å²) < 4.78 is 27.0. The Bertz CT molecular complexity index is 457. The Morgan fingerprint density at radius 3 is 2.67 bits per heavy atom. The molecule has 0 saturated carbocycles. The summed E-state index contributed by atoms with van der Waals surface area (Å²) in [5.74, 6) is 0.930. The number of nitrogens with two attached hydrogens (primary N) is 1. The van der Waals surface area contributed by atoms with Gasteiger partial charge in [0.05, 0.1) is 12.4 Å². The minimum Gasteiger partial charge on any atom is -0.494 e.